The summed E-state index contributed by atoms with van der Waals surface area (Å²) in [5, 5.41) is 8.25. The number of hydrogen-bond acceptors (Lipinski definition) is 6. The van der Waals surface area contributed by atoms with Gasteiger partial charge < -0.3 is 4.42 Å². The molecule has 0 N–H and O–H groups in total. The normalized spacial score (nSPS) is 10.5. The fourth-order valence-electron chi connectivity index (χ4n) is 2.51. The van der Waals surface area contributed by atoms with Crippen LogP contribution in [0.1, 0.15) is 0 Å². The smallest absolute Gasteiger partial charge is 0.346 e. The zero-order chi connectivity index (χ0) is 18.1. The molecule has 4 rings (SSSR count). The Morgan fingerprint density at radius 1 is 1.00 bits per heavy atom. The van der Waals surface area contributed by atoms with E-state index in [-0.39, 0.29) is 0 Å². The van der Waals surface area contributed by atoms with Crippen molar-refractivity contribution in [3.05, 3.63) is 73.8 Å². The molecule has 26 heavy (non-hydrogen) atoms. The molecule has 0 spiro atoms. The summed E-state index contributed by atoms with van der Waals surface area (Å²) in [6.07, 6.45) is 0. The maximum atomic E-state index is 12.4. The Balaban J connectivity index is 1.87. The van der Waals surface area contributed by atoms with Crippen LogP contribution in [0.15, 0.2) is 61.9 Å². The van der Waals surface area contributed by atoms with Gasteiger partial charge in [-0.2, -0.15) is 0 Å². The minimum atomic E-state index is -0.537. The predicted molar refractivity (Wildman–Crippen MR) is 98.7 cm³/mol. The highest BCUT2D eigenvalue weighted by molar-refractivity contribution is 7.21. The fraction of sp³-hybridized carbons (Fsp3) is 0. The summed E-state index contributed by atoms with van der Waals surface area (Å²) in [5.74, 6) is 0. The number of nitrogens with zero attached hydrogens (tertiary/aromatic N) is 7. The third-order valence-electron chi connectivity index (χ3n) is 3.64. The summed E-state index contributed by atoms with van der Waals surface area (Å²) in [6.45, 7) is 0. The standard InChI is InChI=1S/C16H7N7O2S/c17-22-20-9-2-1-8-5-11(16(24)25-13(8)6-9)15-19-12-4-3-10(21-23-18)7-14(12)26-15/h1-7H. The van der Waals surface area contributed by atoms with E-state index in [9.17, 15) is 4.79 Å². The van der Waals surface area contributed by atoms with E-state index < -0.39 is 5.63 Å². The third-order valence-corrected chi connectivity index (χ3v) is 4.69. The Morgan fingerprint density at radius 3 is 2.50 bits per heavy atom. The lowest BCUT2D eigenvalue weighted by atomic mass is 10.2. The minimum absolute atomic E-state index is 0.329. The number of aromatic nitrogens is 1. The van der Waals surface area contributed by atoms with E-state index in [0.29, 0.717) is 38.4 Å². The van der Waals surface area contributed by atoms with Gasteiger partial charge in [0.25, 0.3) is 0 Å². The van der Waals surface area contributed by atoms with E-state index >= 15 is 0 Å². The molecule has 0 saturated carbocycles. The SMILES string of the molecule is [N-]=[N+]=Nc1ccc2cc(-c3nc4ccc(N=[N+]=[N-])cc4s3)c(=O)oc2c1. The molecular formula is C16H7N7O2S. The van der Waals surface area contributed by atoms with Crippen molar-refractivity contribution < 1.29 is 4.42 Å². The van der Waals surface area contributed by atoms with Crippen LogP contribution in [0, 0.1) is 0 Å². The molecule has 124 valence electrons. The van der Waals surface area contributed by atoms with Crippen LogP contribution < -0.4 is 5.63 Å². The first-order valence-electron chi connectivity index (χ1n) is 7.27. The van der Waals surface area contributed by atoms with E-state index in [1.165, 1.54) is 17.4 Å². The van der Waals surface area contributed by atoms with E-state index in [4.69, 9.17) is 15.5 Å². The molecule has 9 nitrogen and oxygen atoms in total. The van der Waals surface area contributed by atoms with Crippen molar-refractivity contribution in [3.8, 4) is 10.6 Å². The van der Waals surface area contributed by atoms with Crippen LogP contribution in [0.4, 0.5) is 11.4 Å². The summed E-state index contributed by atoms with van der Waals surface area (Å²) in [5.41, 5.74) is 18.7. The molecule has 0 aliphatic rings. The Kier molecular flexibility index (Phi) is 3.75. The van der Waals surface area contributed by atoms with Gasteiger partial charge in [0.1, 0.15) is 10.6 Å². The summed E-state index contributed by atoms with van der Waals surface area (Å²) in [4.78, 5) is 22.3. The molecule has 10 heteroatoms. The molecule has 2 aromatic carbocycles. The maximum Gasteiger partial charge on any atom is 0.346 e. The molecule has 2 heterocycles. The molecule has 0 saturated heterocycles. The quantitative estimate of drug-likeness (QED) is 0.192. The zero-order valence-electron chi connectivity index (χ0n) is 12.9. The van der Waals surface area contributed by atoms with Crippen molar-refractivity contribution in [2.24, 2.45) is 10.2 Å². The number of benzene rings is 2. The second kappa shape index (κ2) is 6.23. The van der Waals surface area contributed by atoms with Crippen molar-refractivity contribution in [2.75, 3.05) is 0 Å². The topological polar surface area (TPSA) is 141 Å². The molecule has 0 bridgehead atoms. The number of fused-ring (bicyclic) bond motifs is 2. The van der Waals surface area contributed by atoms with Crippen LogP contribution in [-0.2, 0) is 0 Å². The van der Waals surface area contributed by atoms with Crippen molar-refractivity contribution in [3.63, 3.8) is 0 Å². The minimum Gasteiger partial charge on any atom is -0.422 e. The van der Waals surface area contributed by atoms with Gasteiger partial charge in [-0.1, -0.05) is 28.4 Å². The van der Waals surface area contributed by atoms with Crippen LogP contribution >= 0.6 is 11.3 Å². The first-order chi connectivity index (χ1) is 12.7. The van der Waals surface area contributed by atoms with Gasteiger partial charge in [0.2, 0.25) is 0 Å². The molecule has 0 aliphatic carbocycles. The number of thiazole rings is 1. The molecule has 0 aliphatic heterocycles. The van der Waals surface area contributed by atoms with Gasteiger partial charge in [-0.15, -0.1) is 11.3 Å². The first kappa shape index (κ1) is 15.7. The number of azide groups is 2. The Bertz CT molecular complexity index is 1330. The van der Waals surface area contributed by atoms with E-state index in [1.54, 1.807) is 36.4 Å². The monoisotopic (exact) mass is 361 g/mol. The second-order valence-electron chi connectivity index (χ2n) is 5.22. The molecule has 0 atom stereocenters. The second-order valence-corrected chi connectivity index (χ2v) is 6.25. The third kappa shape index (κ3) is 2.72. The van der Waals surface area contributed by atoms with E-state index in [2.05, 4.69) is 25.0 Å². The number of rotatable bonds is 3. The fourth-order valence-corrected chi connectivity index (χ4v) is 3.51. The molecule has 0 unspecified atom stereocenters. The summed E-state index contributed by atoms with van der Waals surface area (Å²) in [7, 11) is 0. The highest BCUT2D eigenvalue weighted by Gasteiger charge is 2.13. The van der Waals surface area contributed by atoms with Gasteiger partial charge in [-0.3, -0.25) is 0 Å². The molecule has 2 aromatic heterocycles. The average molecular weight is 361 g/mol. The highest BCUT2D eigenvalue weighted by atomic mass is 32.1. The summed E-state index contributed by atoms with van der Waals surface area (Å²) in [6, 6.07) is 11.6. The van der Waals surface area contributed by atoms with Gasteiger partial charge in [0.15, 0.2) is 0 Å². The number of hydrogen-bond donors (Lipinski definition) is 0. The van der Waals surface area contributed by atoms with Crippen molar-refractivity contribution in [1.82, 2.24) is 4.98 Å². The van der Waals surface area contributed by atoms with Crippen LogP contribution in [0.25, 0.3) is 52.6 Å². The van der Waals surface area contributed by atoms with Crippen LogP contribution in [0.2, 0.25) is 0 Å². The lowest BCUT2D eigenvalue weighted by Crippen LogP contribution is -2.02. The molecule has 0 fully saturated rings. The predicted octanol–water partition coefficient (Wildman–Crippen LogP) is 5.95. The lowest BCUT2D eigenvalue weighted by molar-refractivity contribution is 0.563. The van der Waals surface area contributed by atoms with Gasteiger partial charge in [0.05, 0.1) is 15.8 Å². The van der Waals surface area contributed by atoms with E-state index in [0.717, 1.165) is 4.70 Å². The summed E-state index contributed by atoms with van der Waals surface area (Å²) >= 11 is 1.30. The van der Waals surface area contributed by atoms with Crippen molar-refractivity contribution in [1.29, 1.82) is 0 Å². The van der Waals surface area contributed by atoms with Crippen LogP contribution in [-0.4, -0.2) is 4.98 Å². The van der Waals surface area contributed by atoms with Crippen LogP contribution in [0.5, 0.6) is 0 Å². The largest absolute Gasteiger partial charge is 0.422 e. The lowest BCUT2D eigenvalue weighted by Gasteiger charge is -2.00. The van der Waals surface area contributed by atoms with Crippen LogP contribution in [0.3, 0.4) is 0 Å². The Morgan fingerprint density at radius 2 is 1.73 bits per heavy atom. The Labute approximate surface area is 148 Å². The van der Waals surface area contributed by atoms with E-state index in [1.807, 2.05) is 0 Å². The van der Waals surface area contributed by atoms with Crippen molar-refractivity contribution in [2.45, 2.75) is 0 Å². The molecule has 0 amide bonds. The molecule has 4 aromatic rings. The summed E-state index contributed by atoms with van der Waals surface area (Å²) < 4.78 is 6.15. The Hall–Kier alpha value is -3.84. The first-order valence-corrected chi connectivity index (χ1v) is 8.08. The van der Waals surface area contributed by atoms with Gasteiger partial charge in [-0.05, 0) is 35.3 Å². The van der Waals surface area contributed by atoms with Gasteiger partial charge >= 0.3 is 5.63 Å². The van der Waals surface area contributed by atoms with Gasteiger partial charge in [0, 0.05) is 26.6 Å². The zero-order valence-corrected chi connectivity index (χ0v) is 13.7. The van der Waals surface area contributed by atoms with Crippen molar-refractivity contribution >= 4 is 43.9 Å². The van der Waals surface area contributed by atoms with Gasteiger partial charge in [-0.25, -0.2) is 9.78 Å². The molecular weight excluding hydrogens is 354 g/mol. The average Bonchev–Trinajstić information content (AvgIpc) is 3.04. The maximum absolute atomic E-state index is 12.4. The highest BCUT2D eigenvalue weighted by Crippen LogP contribution is 2.32. The molecule has 0 radical (unpaired) electrons.